The van der Waals surface area contributed by atoms with E-state index in [1.165, 1.54) is 0 Å². The molecule has 1 aliphatic rings. The van der Waals surface area contributed by atoms with E-state index >= 15 is 0 Å². The number of hydrogen-bond donors (Lipinski definition) is 1. The van der Waals surface area contributed by atoms with Gasteiger partial charge in [0.05, 0.1) is 24.9 Å². The maximum atomic E-state index is 5.37. The van der Waals surface area contributed by atoms with E-state index in [0.717, 1.165) is 31.1 Å². The van der Waals surface area contributed by atoms with Crippen molar-refractivity contribution in [1.82, 2.24) is 10.3 Å². The van der Waals surface area contributed by atoms with E-state index in [0.29, 0.717) is 0 Å². The van der Waals surface area contributed by atoms with Gasteiger partial charge in [0.1, 0.15) is 0 Å². The highest BCUT2D eigenvalue weighted by molar-refractivity contribution is 5.13. The molecular weight excluding hydrogens is 164 g/mol. The minimum absolute atomic E-state index is 0.272. The molecule has 2 heterocycles. The molecule has 1 aliphatic heterocycles. The number of aromatic nitrogens is 1. The van der Waals surface area contributed by atoms with E-state index in [-0.39, 0.29) is 6.04 Å². The van der Waals surface area contributed by atoms with Crippen molar-refractivity contribution in [3.05, 3.63) is 29.6 Å². The SMILES string of the molecule is Cc1cccc([C@H]2COCCN2)n1. The Bertz CT molecular complexity index is 282. The highest BCUT2D eigenvalue weighted by atomic mass is 16.5. The van der Waals surface area contributed by atoms with E-state index in [9.17, 15) is 0 Å². The summed E-state index contributed by atoms with van der Waals surface area (Å²) >= 11 is 0. The number of pyridine rings is 1. The second-order valence-electron chi connectivity index (χ2n) is 3.29. The normalized spacial score (nSPS) is 23.0. The smallest absolute Gasteiger partial charge is 0.0733 e. The van der Waals surface area contributed by atoms with Gasteiger partial charge in [-0.15, -0.1) is 0 Å². The maximum absolute atomic E-state index is 5.37. The fourth-order valence-corrected chi connectivity index (χ4v) is 1.51. The molecule has 0 unspecified atom stereocenters. The molecule has 0 amide bonds. The van der Waals surface area contributed by atoms with Gasteiger partial charge in [-0.3, -0.25) is 4.98 Å². The molecule has 0 spiro atoms. The van der Waals surface area contributed by atoms with Gasteiger partial charge in [0, 0.05) is 12.2 Å². The van der Waals surface area contributed by atoms with Gasteiger partial charge >= 0.3 is 0 Å². The summed E-state index contributed by atoms with van der Waals surface area (Å²) in [6.07, 6.45) is 0. The molecule has 1 saturated heterocycles. The summed E-state index contributed by atoms with van der Waals surface area (Å²) in [5.41, 5.74) is 2.14. The molecule has 70 valence electrons. The molecular formula is C10H14N2O. The molecule has 2 rings (SSSR count). The van der Waals surface area contributed by atoms with Crippen molar-refractivity contribution in [1.29, 1.82) is 0 Å². The zero-order valence-electron chi connectivity index (χ0n) is 7.79. The van der Waals surface area contributed by atoms with Gasteiger partial charge in [0.2, 0.25) is 0 Å². The molecule has 1 aromatic rings. The number of nitrogens with zero attached hydrogens (tertiary/aromatic N) is 1. The predicted molar refractivity (Wildman–Crippen MR) is 50.5 cm³/mol. The van der Waals surface area contributed by atoms with E-state index < -0.39 is 0 Å². The first-order valence-electron chi connectivity index (χ1n) is 4.61. The molecule has 1 atom stereocenters. The van der Waals surface area contributed by atoms with Gasteiger partial charge in [0.25, 0.3) is 0 Å². The Hall–Kier alpha value is -0.930. The van der Waals surface area contributed by atoms with Crippen molar-refractivity contribution in [2.45, 2.75) is 13.0 Å². The lowest BCUT2D eigenvalue weighted by molar-refractivity contribution is 0.0756. The molecule has 0 aliphatic carbocycles. The number of nitrogens with one attached hydrogen (secondary N) is 1. The van der Waals surface area contributed by atoms with Crippen molar-refractivity contribution in [3.63, 3.8) is 0 Å². The Morgan fingerprint density at radius 3 is 3.15 bits per heavy atom. The molecule has 0 aromatic carbocycles. The Morgan fingerprint density at radius 2 is 2.46 bits per heavy atom. The van der Waals surface area contributed by atoms with Crippen LogP contribution in [0.4, 0.5) is 0 Å². The lowest BCUT2D eigenvalue weighted by atomic mass is 10.1. The number of hydrogen-bond acceptors (Lipinski definition) is 3. The minimum atomic E-state index is 0.272. The highest BCUT2D eigenvalue weighted by Gasteiger charge is 2.15. The van der Waals surface area contributed by atoms with Gasteiger partial charge in [-0.05, 0) is 19.1 Å². The first-order valence-corrected chi connectivity index (χ1v) is 4.61. The second-order valence-corrected chi connectivity index (χ2v) is 3.29. The molecule has 3 heteroatoms. The third kappa shape index (κ3) is 2.05. The third-order valence-corrected chi connectivity index (χ3v) is 2.19. The van der Waals surface area contributed by atoms with Crippen LogP contribution in [0.2, 0.25) is 0 Å². The van der Waals surface area contributed by atoms with Crippen LogP contribution in [0.3, 0.4) is 0 Å². The molecule has 0 radical (unpaired) electrons. The summed E-state index contributed by atoms with van der Waals surface area (Å²) in [5.74, 6) is 0. The van der Waals surface area contributed by atoms with Crippen molar-refractivity contribution in [2.24, 2.45) is 0 Å². The Kier molecular flexibility index (Phi) is 2.57. The van der Waals surface area contributed by atoms with Crippen LogP contribution < -0.4 is 5.32 Å². The third-order valence-electron chi connectivity index (χ3n) is 2.19. The molecule has 3 nitrogen and oxygen atoms in total. The second kappa shape index (κ2) is 3.85. The minimum Gasteiger partial charge on any atom is -0.378 e. The summed E-state index contributed by atoms with van der Waals surface area (Å²) < 4.78 is 5.37. The van der Waals surface area contributed by atoms with Crippen molar-refractivity contribution in [2.75, 3.05) is 19.8 Å². The fourth-order valence-electron chi connectivity index (χ4n) is 1.51. The van der Waals surface area contributed by atoms with Crippen LogP contribution in [0.1, 0.15) is 17.4 Å². The highest BCUT2D eigenvalue weighted by Crippen LogP contribution is 2.13. The Labute approximate surface area is 78.1 Å². The van der Waals surface area contributed by atoms with Gasteiger partial charge < -0.3 is 10.1 Å². The van der Waals surface area contributed by atoms with Gasteiger partial charge in [0.15, 0.2) is 0 Å². The van der Waals surface area contributed by atoms with Crippen molar-refractivity contribution < 1.29 is 4.74 Å². The number of morpholine rings is 1. The monoisotopic (exact) mass is 178 g/mol. The summed E-state index contributed by atoms with van der Waals surface area (Å²) in [4.78, 5) is 4.45. The first-order chi connectivity index (χ1) is 6.36. The van der Waals surface area contributed by atoms with Crippen LogP contribution in [0.25, 0.3) is 0 Å². The number of ether oxygens (including phenoxy) is 1. The van der Waals surface area contributed by atoms with E-state index in [1.54, 1.807) is 0 Å². The number of aryl methyl sites for hydroxylation is 1. The predicted octanol–water partition coefficient (Wildman–Crippen LogP) is 1.05. The summed E-state index contributed by atoms with van der Waals surface area (Å²) in [6.45, 7) is 4.46. The van der Waals surface area contributed by atoms with Crippen LogP contribution in [0.5, 0.6) is 0 Å². The summed E-state index contributed by atoms with van der Waals surface area (Å²) in [6, 6.07) is 6.36. The summed E-state index contributed by atoms with van der Waals surface area (Å²) in [5, 5.41) is 3.38. The zero-order chi connectivity index (χ0) is 9.10. The first kappa shape index (κ1) is 8.66. The fraction of sp³-hybridized carbons (Fsp3) is 0.500. The largest absolute Gasteiger partial charge is 0.378 e. The Morgan fingerprint density at radius 1 is 1.54 bits per heavy atom. The zero-order valence-corrected chi connectivity index (χ0v) is 7.79. The van der Waals surface area contributed by atoms with Crippen LogP contribution >= 0.6 is 0 Å². The number of rotatable bonds is 1. The molecule has 0 bridgehead atoms. The van der Waals surface area contributed by atoms with E-state index in [1.807, 2.05) is 25.1 Å². The van der Waals surface area contributed by atoms with Gasteiger partial charge in [-0.2, -0.15) is 0 Å². The molecule has 13 heavy (non-hydrogen) atoms. The lowest BCUT2D eigenvalue weighted by Gasteiger charge is -2.23. The van der Waals surface area contributed by atoms with Crippen LogP contribution in [0, 0.1) is 6.92 Å². The Balaban J connectivity index is 2.14. The van der Waals surface area contributed by atoms with Crippen LogP contribution in [-0.2, 0) is 4.74 Å². The molecule has 1 N–H and O–H groups in total. The molecule has 0 saturated carbocycles. The quantitative estimate of drug-likeness (QED) is 0.698. The topological polar surface area (TPSA) is 34.1 Å². The lowest BCUT2D eigenvalue weighted by Crippen LogP contribution is -2.35. The van der Waals surface area contributed by atoms with Crippen molar-refractivity contribution >= 4 is 0 Å². The summed E-state index contributed by atoms with van der Waals surface area (Å²) in [7, 11) is 0. The van der Waals surface area contributed by atoms with E-state index in [4.69, 9.17) is 4.74 Å². The molecule has 1 fully saturated rings. The van der Waals surface area contributed by atoms with E-state index in [2.05, 4.69) is 10.3 Å². The average molecular weight is 178 g/mol. The average Bonchev–Trinajstić information content (AvgIpc) is 2.19. The van der Waals surface area contributed by atoms with Gasteiger partial charge in [-0.1, -0.05) is 6.07 Å². The van der Waals surface area contributed by atoms with Crippen LogP contribution in [-0.4, -0.2) is 24.7 Å². The standard InChI is InChI=1S/C10H14N2O/c1-8-3-2-4-9(12-8)10-7-13-6-5-11-10/h2-4,10-11H,5-7H2,1H3/t10-/m1/s1. The maximum Gasteiger partial charge on any atom is 0.0733 e. The molecule has 1 aromatic heterocycles. The van der Waals surface area contributed by atoms with Gasteiger partial charge in [-0.25, -0.2) is 0 Å². The van der Waals surface area contributed by atoms with Crippen molar-refractivity contribution in [3.8, 4) is 0 Å². The van der Waals surface area contributed by atoms with Crippen LogP contribution in [0.15, 0.2) is 18.2 Å².